The Morgan fingerprint density at radius 2 is 1.17 bits per heavy atom. The number of halogens is 2. The molecule has 4 aromatic carbocycles. The summed E-state index contributed by atoms with van der Waals surface area (Å²) in [5.41, 5.74) is 2.72. The van der Waals surface area contributed by atoms with Crippen LogP contribution in [0.2, 0.25) is 10.0 Å². The van der Waals surface area contributed by atoms with Crippen LogP contribution in [0.1, 0.15) is 42.5 Å². The monoisotopic (exact) mass is 594 g/mol. The molecule has 4 rings (SSSR count). The molecular formula is C34H36Cl2O5. The predicted octanol–water partition coefficient (Wildman–Crippen LogP) is 8.68. The number of methoxy groups -OCH3 is 2. The molecule has 5 nitrogen and oxygen atoms in total. The molecule has 0 bridgehead atoms. The Bertz CT molecular complexity index is 1290. The second-order valence-electron chi connectivity index (χ2n) is 9.56. The van der Waals surface area contributed by atoms with E-state index in [9.17, 15) is 0 Å². The van der Waals surface area contributed by atoms with Crippen molar-refractivity contribution in [1.29, 1.82) is 0 Å². The van der Waals surface area contributed by atoms with E-state index in [-0.39, 0.29) is 12.7 Å². The van der Waals surface area contributed by atoms with E-state index in [1.54, 1.807) is 26.4 Å². The standard InChI is InChI=1S/C34H36Cl2O5/c1-5-28(22-39-24(2)40-23-31-32(35)12-9-13-33(31)36)41-34(25-10-7-6-8-11-25,26-14-18-29(37-3)19-15-26)27-16-20-30(38-4)21-17-27/h6-21,24,28H,5,22-23H2,1-4H3. The highest BCUT2D eigenvalue weighted by Crippen LogP contribution is 2.43. The fraction of sp³-hybridized carbons (Fsp3) is 0.294. The van der Waals surface area contributed by atoms with Gasteiger partial charge in [0.15, 0.2) is 6.29 Å². The summed E-state index contributed by atoms with van der Waals surface area (Å²) in [5.74, 6) is 1.54. The van der Waals surface area contributed by atoms with Crippen LogP contribution in [-0.2, 0) is 26.4 Å². The van der Waals surface area contributed by atoms with E-state index in [4.69, 9.17) is 46.9 Å². The minimum atomic E-state index is -0.932. The van der Waals surface area contributed by atoms with Crippen LogP contribution in [-0.4, -0.2) is 33.2 Å². The predicted molar refractivity (Wildman–Crippen MR) is 164 cm³/mol. The minimum absolute atomic E-state index is 0.239. The molecule has 2 unspecified atom stereocenters. The molecule has 2 atom stereocenters. The smallest absolute Gasteiger partial charge is 0.155 e. The molecule has 0 aromatic heterocycles. The van der Waals surface area contributed by atoms with Crippen LogP contribution in [0.4, 0.5) is 0 Å². The number of hydrogen-bond donors (Lipinski definition) is 0. The van der Waals surface area contributed by atoms with Crippen LogP contribution in [0.15, 0.2) is 97.1 Å². The van der Waals surface area contributed by atoms with E-state index < -0.39 is 11.9 Å². The Morgan fingerprint density at radius 1 is 0.659 bits per heavy atom. The van der Waals surface area contributed by atoms with Gasteiger partial charge in [0.25, 0.3) is 0 Å². The topological polar surface area (TPSA) is 46.2 Å². The molecule has 0 aliphatic rings. The largest absolute Gasteiger partial charge is 0.497 e. The Kier molecular flexibility index (Phi) is 11.1. The zero-order valence-corrected chi connectivity index (χ0v) is 25.3. The summed E-state index contributed by atoms with van der Waals surface area (Å²) in [6.45, 7) is 4.49. The molecule has 0 amide bonds. The van der Waals surface area contributed by atoms with Gasteiger partial charge in [-0.05, 0) is 66.4 Å². The SMILES string of the molecule is CCC(COC(C)OCc1c(Cl)cccc1Cl)OC(c1ccccc1)(c1ccc(OC)cc1)c1ccc(OC)cc1. The van der Waals surface area contributed by atoms with Gasteiger partial charge in [-0.25, -0.2) is 0 Å². The Hall–Kier alpha value is -3.06. The van der Waals surface area contributed by atoms with E-state index in [0.717, 1.165) is 33.8 Å². The molecule has 216 valence electrons. The molecule has 41 heavy (non-hydrogen) atoms. The molecule has 0 saturated heterocycles. The highest BCUT2D eigenvalue weighted by Gasteiger charge is 2.40. The zero-order chi connectivity index (χ0) is 29.2. The van der Waals surface area contributed by atoms with E-state index in [0.29, 0.717) is 23.1 Å². The number of ether oxygens (including phenoxy) is 5. The van der Waals surface area contributed by atoms with Gasteiger partial charge in [-0.1, -0.05) is 90.8 Å². The third kappa shape index (κ3) is 7.42. The summed E-state index contributed by atoms with van der Waals surface area (Å²) < 4.78 is 30.1. The van der Waals surface area contributed by atoms with Crippen molar-refractivity contribution in [3.05, 3.63) is 129 Å². The van der Waals surface area contributed by atoms with Crippen molar-refractivity contribution in [3.8, 4) is 11.5 Å². The van der Waals surface area contributed by atoms with Crippen LogP contribution >= 0.6 is 23.2 Å². The van der Waals surface area contributed by atoms with Gasteiger partial charge in [-0.3, -0.25) is 0 Å². The molecular weight excluding hydrogens is 559 g/mol. The summed E-state index contributed by atoms with van der Waals surface area (Å²) in [6, 6.07) is 31.6. The first-order valence-electron chi connectivity index (χ1n) is 13.6. The quantitative estimate of drug-likeness (QED) is 0.108. The van der Waals surface area contributed by atoms with Crippen LogP contribution in [0.25, 0.3) is 0 Å². The lowest BCUT2D eigenvalue weighted by Crippen LogP contribution is -2.39. The van der Waals surface area contributed by atoms with E-state index >= 15 is 0 Å². The third-order valence-corrected chi connectivity index (χ3v) is 7.72. The van der Waals surface area contributed by atoms with Crippen LogP contribution in [0, 0.1) is 0 Å². The highest BCUT2D eigenvalue weighted by atomic mass is 35.5. The number of benzene rings is 4. The molecule has 0 spiro atoms. The summed E-state index contributed by atoms with van der Waals surface area (Å²) in [6.07, 6.45) is -0.0633. The number of rotatable bonds is 14. The molecule has 4 aromatic rings. The lowest BCUT2D eigenvalue weighted by molar-refractivity contribution is -0.171. The van der Waals surface area contributed by atoms with Crippen LogP contribution in [0.5, 0.6) is 11.5 Å². The van der Waals surface area contributed by atoms with Gasteiger partial charge < -0.3 is 23.7 Å². The Morgan fingerprint density at radius 3 is 1.66 bits per heavy atom. The van der Waals surface area contributed by atoms with Crippen molar-refractivity contribution in [2.45, 2.75) is 44.9 Å². The second kappa shape index (κ2) is 14.7. The fourth-order valence-corrected chi connectivity index (χ4v) is 5.18. The van der Waals surface area contributed by atoms with Crippen LogP contribution in [0.3, 0.4) is 0 Å². The van der Waals surface area contributed by atoms with Gasteiger partial charge in [-0.15, -0.1) is 0 Å². The van der Waals surface area contributed by atoms with Crippen LogP contribution < -0.4 is 9.47 Å². The maximum absolute atomic E-state index is 7.14. The van der Waals surface area contributed by atoms with Crippen molar-refractivity contribution in [2.24, 2.45) is 0 Å². The van der Waals surface area contributed by atoms with Crippen molar-refractivity contribution in [3.63, 3.8) is 0 Å². The van der Waals surface area contributed by atoms with Gasteiger partial charge >= 0.3 is 0 Å². The van der Waals surface area contributed by atoms with E-state index in [1.807, 2.05) is 79.7 Å². The molecule has 0 heterocycles. The summed E-state index contributed by atoms with van der Waals surface area (Å²) >= 11 is 12.6. The maximum atomic E-state index is 7.14. The lowest BCUT2D eigenvalue weighted by Gasteiger charge is -2.39. The average Bonchev–Trinajstić information content (AvgIpc) is 3.02. The Balaban J connectivity index is 1.64. The molecule has 0 N–H and O–H groups in total. The number of hydrogen-bond acceptors (Lipinski definition) is 5. The second-order valence-corrected chi connectivity index (χ2v) is 10.4. The average molecular weight is 596 g/mol. The minimum Gasteiger partial charge on any atom is -0.497 e. The molecule has 0 saturated carbocycles. The first-order chi connectivity index (χ1) is 19.9. The van der Waals surface area contributed by atoms with Gasteiger partial charge in [0.2, 0.25) is 0 Å². The first-order valence-corrected chi connectivity index (χ1v) is 14.3. The van der Waals surface area contributed by atoms with Crippen molar-refractivity contribution in [1.82, 2.24) is 0 Å². The van der Waals surface area contributed by atoms with Crippen molar-refractivity contribution >= 4 is 23.2 Å². The molecule has 0 aliphatic carbocycles. The van der Waals surface area contributed by atoms with Crippen molar-refractivity contribution < 1.29 is 23.7 Å². The zero-order valence-electron chi connectivity index (χ0n) is 23.8. The summed E-state index contributed by atoms with van der Waals surface area (Å²) in [5, 5.41) is 1.12. The lowest BCUT2D eigenvalue weighted by atomic mass is 9.79. The van der Waals surface area contributed by atoms with Gasteiger partial charge in [0, 0.05) is 15.6 Å². The summed E-state index contributed by atoms with van der Waals surface area (Å²) in [7, 11) is 3.32. The normalized spacial score (nSPS) is 13.0. The maximum Gasteiger partial charge on any atom is 0.155 e. The summed E-state index contributed by atoms with van der Waals surface area (Å²) in [4.78, 5) is 0. The van der Waals surface area contributed by atoms with Gasteiger partial charge in [0.05, 0.1) is 33.5 Å². The molecule has 0 aliphatic heterocycles. The molecule has 7 heteroatoms. The molecule has 0 fully saturated rings. The fourth-order valence-electron chi connectivity index (χ4n) is 4.68. The van der Waals surface area contributed by atoms with E-state index in [2.05, 4.69) is 19.1 Å². The van der Waals surface area contributed by atoms with Gasteiger partial charge in [0.1, 0.15) is 17.1 Å². The van der Waals surface area contributed by atoms with Gasteiger partial charge in [-0.2, -0.15) is 0 Å². The molecule has 0 radical (unpaired) electrons. The Labute approximate surface area is 252 Å². The van der Waals surface area contributed by atoms with E-state index in [1.165, 1.54) is 0 Å². The van der Waals surface area contributed by atoms with Crippen molar-refractivity contribution in [2.75, 3.05) is 20.8 Å². The third-order valence-electron chi connectivity index (χ3n) is 7.01. The first kappa shape index (κ1) is 30.9. The highest BCUT2D eigenvalue weighted by molar-refractivity contribution is 6.35.